The highest BCUT2D eigenvalue weighted by Gasteiger charge is 2.28. The molecule has 1 atom stereocenters. The predicted octanol–water partition coefficient (Wildman–Crippen LogP) is 1.89. The standard InChI is InChI=1S/C13H21NO3/c15-12(7-10-3-1-4-10)14-6-2-5-11(9-14)8-13(16)17/h10-11H,1-9H2,(H,16,17). The number of nitrogens with zero attached hydrogens (tertiary/aromatic N) is 1. The minimum absolute atomic E-state index is 0.159. The minimum atomic E-state index is -0.747. The molecule has 0 aromatic heterocycles. The fraction of sp³-hybridized carbons (Fsp3) is 0.846. The maximum Gasteiger partial charge on any atom is 0.303 e. The van der Waals surface area contributed by atoms with Gasteiger partial charge < -0.3 is 10.0 Å². The minimum Gasteiger partial charge on any atom is -0.481 e. The molecule has 4 heteroatoms. The summed E-state index contributed by atoms with van der Waals surface area (Å²) >= 11 is 0. The van der Waals surface area contributed by atoms with E-state index in [0.29, 0.717) is 18.9 Å². The lowest BCUT2D eigenvalue weighted by Crippen LogP contribution is -2.41. The topological polar surface area (TPSA) is 57.6 Å². The van der Waals surface area contributed by atoms with Gasteiger partial charge in [0.05, 0.1) is 0 Å². The first-order valence-corrected chi connectivity index (χ1v) is 6.64. The first kappa shape index (κ1) is 12.4. The van der Waals surface area contributed by atoms with E-state index < -0.39 is 5.97 Å². The van der Waals surface area contributed by atoms with Gasteiger partial charge in [-0.2, -0.15) is 0 Å². The van der Waals surface area contributed by atoms with Gasteiger partial charge in [0.25, 0.3) is 0 Å². The van der Waals surface area contributed by atoms with Crippen molar-refractivity contribution >= 4 is 11.9 Å². The van der Waals surface area contributed by atoms with Gasteiger partial charge in [-0.1, -0.05) is 6.42 Å². The zero-order chi connectivity index (χ0) is 12.3. The Hall–Kier alpha value is -1.06. The van der Waals surface area contributed by atoms with Crippen molar-refractivity contribution in [2.24, 2.45) is 11.8 Å². The van der Waals surface area contributed by atoms with Crippen LogP contribution in [0.3, 0.4) is 0 Å². The normalized spacial score (nSPS) is 25.4. The number of hydrogen-bond acceptors (Lipinski definition) is 2. The van der Waals surface area contributed by atoms with Crippen LogP contribution < -0.4 is 0 Å². The lowest BCUT2D eigenvalue weighted by Gasteiger charge is -2.34. The quantitative estimate of drug-likeness (QED) is 0.815. The van der Waals surface area contributed by atoms with Crippen LogP contribution in [0.4, 0.5) is 0 Å². The van der Waals surface area contributed by atoms with Crippen molar-refractivity contribution in [3.05, 3.63) is 0 Å². The third-order valence-corrected chi connectivity index (χ3v) is 4.02. The van der Waals surface area contributed by atoms with Crippen LogP contribution in [0.25, 0.3) is 0 Å². The molecule has 1 saturated heterocycles. The van der Waals surface area contributed by atoms with Gasteiger partial charge in [-0.05, 0) is 37.5 Å². The molecule has 1 heterocycles. The van der Waals surface area contributed by atoms with E-state index in [0.717, 1.165) is 19.4 Å². The van der Waals surface area contributed by atoms with E-state index in [2.05, 4.69) is 0 Å². The Labute approximate surface area is 102 Å². The molecule has 2 aliphatic rings. The Balaban J connectivity index is 1.78. The van der Waals surface area contributed by atoms with Crippen LogP contribution in [-0.4, -0.2) is 35.0 Å². The predicted molar refractivity (Wildman–Crippen MR) is 63.5 cm³/mol. The van der Waals surface area contributed by atoms with Crippen LogP contribution in [-0.2, 0) is 9.59 Å². The molecule has 0 spiro atoms. The summed E-state index contributed by atoms with van der Waals surface area (Å²) in [6.45, 7) is 1.47. The lowest BCUT2D eigenvalue weighted by atomic mass is 9.82. The van der Waals surface area contributed by atoms with E-state index in [1.807, 2.05) is 4.90 Å². The van der Waals surface area contributed by atoms with E-state index in [9.17, 15) is 9.59 Å². The molecule has 0 radical (unpaired) electrons. The molecule has 17 heavy (non-hydrogen) atoms. The second kappa shape index (κ2) is 5.52. The number of rotatable bonds is 4. The average Bonchev–Trinajstić information content (AvgIpc) is 2.22. The fourth-order valence-corrected chi connectivity index (χ4v) is 2.78. The Morgan fingerprint density at radius 1 is 1.06 bits per heavy atom. The number of hydrogen-bond donors (Lipinski definition) is 1. The molecule has 0 aromatic rings. The van der Waals surface area contributed by atoms with Crippen molar-refractivity contribution in [2.45, 2.75) is 44.9 Å². The Morgan fingerprint density at radius 3 is 2.35 bits per heavy atom. The molecule has 4 nitrogen and oxygen atoms in total. The summed E-state index contributed by atoms with van der Waals surface area (Å²) in [5, 5.41) is 8.78. The average molecular weight is 239 g/mol. The smallest absolute Gasteiger partial charge is 0.303 e. The second-order valence-electron chi connectivity index (χ2n) is 5.45. The number of likely N-dealkylation sites (tertiary alicyclic amines) is 1. The fourth-order valence-electron chi connectivity index (χ4n) is 2.78. The number of carboxylic acid groups (broad SMARTS) is 1. The monoisotopic (exact) mass is 239 g/mol. The molecule has 1 amide bonds. The van der Waals surface area contributed by atoms with E-state index in [-0.39, 0.29) is 18.2 Å². The molecule has 0 aromatic carbocycles. The van der Waals surface area contributed by atoms with Gasteiger partial charge in [-0.15, -0.1) is 0 Å². The number of carbonyl (C=O) groups excluding carboxylic acids is 1. The summed E-state index contributed by atoms with van der Waals surface area (Å²) in [6.07, 6.45) is 6.43. The van der Waals surface area contributed by atoms with Gasteiger partial charge in [-0.25, -0.2) is 0 Å². The van der Waals surface area contributed by atoms with Gasteiger partial charge in [0.1, 0.15) is 0 Å². The second-order valence-corrected chi connectivity index (χ2v) is 5.45. The van der Waals surface area contributed by atoms with Gasteiger partial charge in [-0.3, -0.25) is 9.59 Å². The molecule has 1 aliphatic heterocycles. The van der Waals surface area contributed by atoms with Gasteiger partial charge in [0, 0.05) is 25.9 Å². The van der Waals surface area contributed by atoms with Gasteiger partial charge >= 0.3 is 5.97 Å². The van der Waals surface area contributed by atoms with Crippen molar-refractivity contribution in [1.82, 2.24) is 4.90 Å². The van der Waals surface area contributed by atoms with Crippen molar-refractivity contribution in [1.29, 1.82) is 0 Å². The SMILES string of the molecule is O=C(O)CC1CCCN(C(=O)CC2CCC2)C1. The first-order chi connectivity index (χ1) is 8.15. The summed E-state index contributed by atoms with van der Waals surface area (Å²) in [7, 11) is 0. The summed E-state index contributed by atoms with van der Waals surface area (Å²) in [6, 6.07) is 0. The molecular weight excluding hydrogens is 218 g/mol. The van der Waals surface area contributed by atoms with Crippen LogP contribution in [0.2, 0.25) is 0 Å². The molecular formula is C13H21NO3. The van der Waals surface area contributed by atoms with Crippen molar-refractivity contribution in [3.63, 3.8) is 0 Å². The third-order valence-electron chi connectivity index (χ3n) is 4.02. The van der Waals surface area contributed by atoms with E-state index in [1.165, 1.54) is 19.3 Å². The Bertz CT molecular complexity index is 299. The summed E-state index contributed by atoms with van der Waals surface area (Å²) < 4.78 is 0. The maximum atomic E-state index is 12.0. The highest BCUT2D eigenvalue weighted by molar-refractivity contribution is 5.76. The molecule has 1 saturated carbocycles. The summed E-state index contributed by atoms with van der Waals surface area (Å²) in [5.74, 6) is 0.252. The number of carbonyl (C=O) groups is 2. The van der Waals surface area contributed by atoms with E-state index in [1.54, 1.807) is 0 Å². The van der Waals surface area contributed by atoms with Crippen LogP contribution >= 0.6 is 0 Å². The maximum absolute atomic E-state index is 12.0. The van der Waals surface area contributed by atoms with Crippen LogP contribution in [0.5, 0.6) is 0 Å². The van der Waals surface area contributed by atoms with Crippen molar-refractivity contribution in [3.8, 4) is 0 Å². The molecule has 2 rings (SSSR count). The zero-order valence-corrected chi connectivity index (χ0v) is 10.2. The van der Waals surface area contributed by atoms with Gasteiger partial charge in [0.15, 0.2) is 0 Å². The van der Waals surface area contributed by atoms with Crippen LogP contribution in [0.15, 0.2) is 0 Å². The summed E-state index contributed by atoms with van der Waals surface area (Å²) in [5.41, 5.74) is 0. The van der Waals surface area contributed by atoms with Gasteiger partial charge in [0.2, 0.25) is 5.91 Å². The van der Waals surface area contributed by atoms with Crippen molar-refractivity contribution in [2.75, 3.05) is 13.1 Å². The molecule has 1 N–H and O–H groups in total. The number of aliphatic carboxylic acids is 1. The third kappa shape index (κ3) is 3.45. The molecule has 1 unspecified atom stereocenters. The van der Waals surface area contributed by atoms with E-state index >= 15 is 0 Å². The number of piperidine rings is 1. The van der Waals surface area contributed by atoms with Crippen LogP contribution in [0, 0.1) is 11.8 Å². The number of carboxylic acids is 1. The number of amides is 1. The molecule has 2 fully saturated rings. The first-order valence-electron chi connectivity index (χ1n) is 6.64. The van der Waals surface area contributed by atoms with Crippen LogP contribution in [0.1, 0.15) is 44.9 Å². The lowest BCUT2D eigenvalue weighted by molar-refractivity contribution is -0.141. The summed E-state index contributed by atoms with van der Waals surface area (Å²) in [4.78, 5) is 24.6. The molecule has 0 bridgehead atoms. The molecule has 96 valence electrons. The largest absolute Gasteiger partial charge is 0.481 e. The van der Waals surface area contributed by atoms with Crippen molar-refractivity contribution < 1.29 is 14.7 Å². The zero-order valence-electron chi connectivity index (χ0n) is 10.2. The Kier molecular flexibility index (Phi) is 4.02. The highest BCUT2D eigenvalue weighted by Crippen LogP contribution is 2.30. The Morgan fingerprint density at radius 2 is 1.76 bits per heavy atom. The highest BCUT2D eigenvalue weighted by atomic mass is 16.4. The van der Waals surface area contributed by atoms with E-state index in [4.69, 9.17) is 5.11 Å². The molecule has 1 aliphatic carbocycles.